The van der Waals surface area contributed by atoms with Gasteiger partial charge in [-0.1, -0.05) is 53.7 Å². The van der Waals surface area contributed by atoms with E-state index in [0.717, 1.165) is 15.8 Å². The van der Waals surface area contributed by atoms with E-state index < -0.39 is 38.1 Å². The Labute approximate surface area is 221 Å². The minimum Gasteiger partial charge on any atom is -0.444 e. The second-order valence-corrected chi connectivity index (χ2v) is 19.5. The number of thiazole rings is 1. The molecule has 0 unspecified atom stereocenters. The van der Waals surface area contributed by atoms with E-state index >= 15 is 0 Å². The Morgan fingerprint density at radius 3 is 2.36 bits per heavy atom. The van der Waals surface area contributed by atoms with Crippen LogP contribution in [0.2, 0.25) is 16.6 Å². The zero-order valence-electron chi connectivity index (χ0n) is 23.5. The van der Waals surface area contributed by atoms with Crippen molar-refractivity contribution in [1.82, 2.24) is 9.88 Å². The first-order valence-electron chi connectivity index (χ1n) is 13.4. The van der Waals surface area contributed by atoms with Gasteiger partial charge >= 0.3 is 6.09 Å². The van der Waals surface area contributed by atoms with E-state index in [9.17, 15) is 14.3 Å². The number of ether oxygens (including phenoxy) is 1. The van der Waals surface area contributed by atoms with E-state index in [1.54, 1.807) is 16.2 Å². The molecular formula is C28H45FN2O3SSi. The minimum absolute atomic E-state index is 0.213. The molecule has 3 rings (SSSR count). The summed E-state index contributed by atoms with van der Waals surface area (Å²) in [5, 5.41) is 11.4. The molecule has 2 aromatic rings. The van der Waals surface area contributed by atoms with Crippen LogP contribution in [-0.2, 0) is 4.74 Å². The average Bonchev–Trinajstić information content (AvgIpc) is 3.16. The van der Waals surface area contributed by atoms with E-state index in [0.29, 0.717) is 29.6 Å². The van der Waals surface area contributed by atoms with Gasteiger partial charge in [0, 0.05) is 12.6 Å². The van der Waals surface area contributed by atoms with Crippen molar-refractivity contribution in [1.29, 1.82) is 0 Å². The maximum atomic E-state index is 14.4. The first-order chi connectivity index (χ1) is 16.7. The molecule has 1 aromatic heterocycles. The second-order valence-electron chi connectivity index (χ2n) is 12.3. The molecule has 0 spiro atoms. The van der Waals surface area contributed by atoms with E-state index in [2.05, 4.69) is 41.5 Å². The fourth-order valence-electron chi connectivity index (χ4n) is 6.33. The molecule has 0 bridgehead atoms. The summed E-state index contributed by atoms with van der Waals surface area (Å²) in [6.45, 7) is 19.8. The highest BCUT2D eigenvalue weighted by Gasteiger charge is 2.47. The molecular weight excluding hydrogens is 491 g/mol. The maximum Gasteiger partial charge on any atom is 0.410 e. The highest BCUT2D eigenvalue weighted by molar-refractivity contribution is 7.31. The summed E-state index contributed by atoms with van der Waals surface area (Å²) < 4.78 is 22.3. The van der Waals surface area contributed by atoms with Crippen molar-refractivity contribution in [3.05, 3.63) is 23.8 Å². The number of likely N-dealkylation sites (tertiary alicyclic amines) is 1. The lowest BCUT2D eigenvalue weighted by Crippen LogP contribution is -2.55. The summed E-state index contributed by atoms with van der Waals surface area (Å²) in [5.41, 5.74) is 2.73. The van der Waals surface area contributed by atoms with Gasteiger partial charge in [0.15, 0.2) is 0 Å². The monoisotopic (exact) mass is 536 g/mol. The van der Waals surface area contributed by atoms with Gasteiger partial charge in [-0.3, -0.25) is 0 Å². The third-order valence-corrected chi connectivity index (χ3v) is 16.7. The van der Waals surface area contributed by atoms with Crippen LogP contribution in [0.15, 0.2) is 18.2 Å². The van der Waals surface area contributed by atoms with Crippen LogP contribution in [0.3, 0.4) is 0 Å². The van der Waals surface area contributed by atoms with Crippen LogP contribution in [-0.4, -0.2) is 53.5 Å². The first kappa shape index (κ1) is 29.0. The van der Waals surface area contributed by atoms with Gasteiger partial charge in [0.05, 0.1) is 21.0 Å². The molecule has 202 valence electrons. The minimum atomic E-state index is -1.94. The smallest absolute Gasteiger partial charge is 0.410 e. The Hall–Kier alpha value is -1.51. The summed E-state index contributed by atoms with van der Waals surface area (Å²) in [7, 11) is -1.94. The maximum absolute atomic E-state index is 14.4. The molecule has 2 heterocycles. The van der Waals surface area contributed by atoms with Crippen molar-refractivity contribution in [2.45, 2.75) is 122 Å². The molecule has 1 saturated heterocycles. The fourth-order valence-corrected chi connectivity index (χ4v) is 16.1. The van der Waals surface area contributed by atoms with Crippen molar-refractivity contribution in [2.24, 2.45) is 0 Å². The zero-order valence-corrected chi connectivity index (χ0v) is 25.3. The van der Waals surface area contributed by atoms with E-state index in [1.165, 1.54) is 4.63 Å². The van der Waals surface area contributed by atoms with Gasteiger partial charge in [0.2, 0.25) is 0 Å². The lowest BCUT2D eigenvalue weighted by Gasteiger charge is -2.41. The predicted octanol–water partition coefficient (Wildman–Crippen LogP) is 7.34. The number of hydrogen-bond acceptors (Lipinski definition) is 5. The summed E-state index contributed by atoms with van der Waals surface area (Å²) in [4.78, 5) is 19.6. The van der Waals surface area contributed by atoms with E-state index in [4.69, 9.17) is 9.72 Å². The molecule has 0 aliphatic carbocycles. The molecule has 1 aromatic carbocycles. The molecule has 1 aliphatic rings. The summed E-state index contributed by atoms with van der Waals surface area (Å²) in [6.07, 6.45) is -1.47. The molecule has 0 saturated carbocycles. The average molecular weight is 537 g/mol. The highest BCUT2D eigenvalue weighted by atomic mass is 32.1. The topological polar surface area (TPSA) is 62.7 Å². The van der Waals surface area contributed by atoms with Gasteiger partial charge in [-0.2, -0.15) is 0 Å². The molecule has 8 heteroatoms. The van der Waals surface area contributed by atoms with E-state index in [-0.39, 0.29) is 12.8 Å². The Balaban J connectivity index is 1.96. The second kappa shape index (κ2) is 11.1. The number of aromatic nitrogens is 1. The van der Waals surface area contributed by atoms with Gasteiger partial charge in [-0.25, -0.2) is 14.2 Å². The number of piperidine rings is 1. The van der Waals surface area contributed by atoms with E-state index in [1.807, 2.05) is 39.0 Å². The lowest BCUT2D eigenvalue weighted by molar-refractivity contribution is -0.00656. The predicted molar refractivity (Wildman–Crippen MR) is 151 cm³/mol. The van der Waals surface area contributed by atoms with Gasteiger partial charge in [0.25, 0.3) is 0 Å². The number of halogens is 1. The third kappa shape index (κ3) is 5.81. The van der Waals surface area contributed by atoms with Gasteiger partial charge < -0.3 is 14.7 Å². The standard InChI is InChI=1S/C28H45FN2O3SSi/c1-17(2)36(18(3)4,19(5)6)26-30-23-12-10-11-22(25(23)35-26)24(32)16-21-15-20(29)13-14-31(21)27(33)34-28(7,8)9/h10-12,17-21,24,32H,13-16H2,1-9H3/t20-,21-,24+/m1/s1. The van der Waals surface area contributed by atoms with Gasteiger partial charge in [0.1, 0.15) is 19.8 Å². The number of carbonyl (C=O) groups excluding carboxylic acids is 1. The quantitative estimate of drug-likeness (QED) is 0.376. The SMILES string of the molecule is CC(C)[Si](c1nc2cccc([C@@H](O)C[C@H]3C[C@H](F)CCN3C(=O)OC(C)(C)C)c2s1)(C(C)C)C(C)C. The summed E-state index contributed by atoms with van der Waals surface area (Å²) in [6, 6.07) is 5.50. The molecule has 1 amide bonds. The number of nitrogens with zero attached hydrogens (tertiary/aromatic N) is 2. The molecule has 1 aliphatic heterocycles. The molecule has 3 atom stereocenters. The number of fused-ring (bicyclic) bond motifs is 1. The highest BCUT2D eigenvalue weighted by Crippen LogP contribution is 2.43. The number of carbonyl (C=O) groups is 1. The molecule has 1 fully saturated rings. The number of aliphatic hydroxyl groups is 1. The van der Waals surface area contributed by atoms with Crippen LogP contribution in [0.5, 0.6) is 0 Å². The van der Waals surface area contributed by atoms with Crippen LogP contribution in [0.4, 0.5) is 9.18 Å². The van der Waals surface area contributed by atoms with Crippen molar-refractivity contribution >= 4 is 40.4 Å². The number of rotatable bonds is 7. The van der Waals surface area contributed by atoms with Crippen LogP contribution in [0.25, 0.3) is 10.2 Å². The van der Waals surface area contributed by atoms with Crippen LogP contribution in [0, 0.1) is 0 Å². The number of alkyl halides is 1. The number of hydrogen-bond donors (Lipinski definition) is 1. The number of aliphatic hydroxyl groups excluding tert-OH is 1. The fraction of sp³-hybridized carbons (Fsp3) is 0.714. The number of amides is 1. The third-order valence-electron chi connectivity index (χ3n) is 7.82. The first-order valence-corrected chi connectivity index (χ1v) is 16.4. The normalized spacial score (nSPS) is 20.6. The van der Waals surface area contributed by atoms with Crippen molar-refractivity contribution in [2.75, 3.05) is 6.54 Å². The van der Waals surface area contributed by atoms with Gasteiger partial charge in [-0.15, -0.1) is 11.3 Å². The lowest BCUT2D eigenvalue weighted by atomic mass is 9.93. The summed E-state index contributed by atoms with van der Waals surface area (Å²) in [5.74, 6) is 0. The van der Waals surface area contributed by atoms with Crippen LogP contribution < -0.4 is 4.63 Å². The largest absolute Gasteiger partial charge is 0.444 e. The Bertz CT molecular complexity index is 1030. The Kier molecular flexibility index (Phi) is 8.94. The zero-order chi connectivity index (χ0) is 27.0. The molecule has 0 radical (unpaired) electrons. The Morgan fingerprint density at radius 2 is 1.81 bits per heavy atom. The van der Waals surface area contributed by atoms with Crippen molar-refractivity contribution in [3.63, 3.8) is 0 Å². The molecule has 36 heavy (non-hydrogen) atoms. The van der Waals surface area contributed by atoms with Crippen molar-refractivity contribution < 1.29 is 19.0 Å². The van der Waals surface area contributed by atoms with Crippen molar-refractivity contribution in [3.8, 4) is 0 Å². The summed E-state index contributed by atoms with van der Waals surface area (Å²) >= 11 is 1.73. The van der Waals surface area contributed by atoms with Crippen LogP contribution in [0.1, 0.15) is 93.2 Å². The Morgan fingerprint density at radius 1 is 1.19 bits per heavy atom. The molecule has 1 N–H and O–H groups in total. The molecule has 5 nitrogen and oxygen atoms in total. The van der Waals surface area contributed by atoms with Gasteiger partial charge in [-0.05, 0) is 68.3 Å². The number of benzene rings is 1. The van der Waals surface area contributed by atoms with Crippen LogP contribution >= 0.6 is 11.3 Å².